The molecule has 0 radical (unpaired) electrons. The van der Waals surface area contributed by atoms with E-state index >= 15 is 0 Å². The molecule has 2 aromatic rings. The lowest BCUT2D eigenvalue weighted by atomic mass is 10.0. The van der Waals surface area contributed by atoms with Gasteiger partial charge in [-0.05, 0) is 42.2 Å². The molecule has 1 fully saturated rings. The number of nitrogens with zero attached hydrogens (tertiary/aromatic N) is 1. The van der Waals surface area contributed by atoms with E-state index in [9.17, 15) is 4.79 Å². The van der Waals surface area contributed by atoms with Crippen LogP contribution >= 0.6 is 0 Å². The lowest BCUT2D eigenvalue weighted by Gasteiger charge is -2.28. The second kappa shape index (κ2) is 5.25. The number of carbonyl (C=O) groups excluding carboxylic acids is 1. The Balaban J connectivity index is 1.89. The van der Waals surface area contributed by atoms with Crippen molar-refractivity contribution in [2.24, 2.45) is 5.73 Å². The van der Waals surface area contributed by atoms with Crippen molar-refractivity contribution in [1.82, 2.24) is 4.90 Å². The number of rotatable bonds is 5. The molecule has 2 N–H and O–H groups in total. The van der Waals surface area contributed by atoms with Gasteiger partial charge >= 0.3 is 0 Å². The fraction of sp³-hybridized carbons (Fsp3) is 0.353. The van der Waals surface area contributed by atoms with Crippen LogP contribution in [0.15, 0.2) is 42.5 Å². The van der Waals surface area contributed by atoms with Crippen molar-refractivity contribution in [2.45, 2.75) is 31.8 Å². The molecule has 0 aliphatic heterocycles. The average molecular weight is 268 g/mol. The molecular formula is C17H20N2O. The number of hydrogen-bond acceptors (Lipinski definition) is 2. The Hall–Kier alpha value is -1.87. The summed E-state index contributed by atoms with van der Waals surface area (Å²) in [6, 6.07) is 15.6. The van der Waals surface area contributed by atoms with Gasteiger partial charge in [0.15, 0.2) is 0 Å². The van der Waals surface area contributed by atoms with Crippen LogP contribution in [0.1, 0.15) is 31.4 Å². The highest BCUT2D eigenvalue weighted by Gasteiger charge is 2.33. The smallest absolute Gasteiger partial charge is 0.231 e. The first kappa shape index (κ1) is 13.1. The van der Waals surface area contributed by atoms with Gasteiger partial charge < -0.3 is 5.73 Å². The second-order valence-corrected chi connectivity index (χ2v) is 5.65. The van der Waals surface area contributed by atoms with Crippen molar-refractivity contribution in [2.75, 3.05) is 6.54 Å². The van der Waals surface area contributed by atoms with E-state index in [4.69, 9.17) is 5.73 Å². The maximum Gasteiger partial charge on any atom is 0.231 e. The van der Waals surface area contributed by atoms with Crippen LogP contribution < -0.4 is 5.73 Å². The van der Waals surface area contributed by atoms with Crippen LogP contribution in [-0.2, 0) is 4.79 Å². The minimum absolute atomic E-state index is 0.222. The Morgan fingerprint density at radius 2 is 1.95 bits per heavy atom. The number of amides is 1. The summed E-state index contributed by atoms with van der Waals surface area (Å²) in [5.41, 5.74) is 6.63. The summed E-state index contributed by atoms with van der Waals surface area (Å²) in [6.07, 6.45) is 2.34. The minimum atomic E-state index is -0.246. The Morgan fingerprint density at radius 3 is 2.60 bits per heavy atom. The van der Waals surface area contributed by atoms with Gasteiger partial charge in [-0.1, -0.05) is 36.4 Å². The van der Waals surface area contributed by atoms with Crippen LogP contribution in [0.2, 0.25) is 0 Å². The van der Waals surface area contributed by atoms with Gasteiger partial charge in [-0.15, -0.1) is 0 Å². The van der Waals surface area contributed by atoms with Gasteiger partial charge in [0.25, 0.3) is 0 Å². The van der Waals surface area contributed by atoms with E-state index in [-0.39, 0.29) is 11.9 Å². The summed E-state index contributed by atoms with van der Waals surface area (Å²) in [4.78, 5) is 13.5. The summed E-state index contributed by atoms with van der Waals surface area (Å²) in [7, 11) is 0. The number of fused-ring (bicyclic) bond motifs is 1. The fourth-order valence-corrected chi connectivity index (χ4v) is 2.83. The summed E-state index contributed by atoms with van der Waals surface area (Å²) in [6.45, 7) is 2.50. The molecule has 3 nitrogen and oxygen atoms in total. The summed E-state index contributed by atoms with van der Waals surface area (Å²) in [5.74, 6) is -0.246. The Kier molecular flexibility index (Phi) is 3.45. The topological polar surface area (TPSA) is 46.3 Å². The molecule has 2 aromatic carbocycles. The van der Waals surface area contributed by atoms with Gasteiger partial charge in [0.05, 0.1) is 6.54 Å². The maximum absolute atomic E-state index is 11.3. The molecule has 104 valence electrons. The first-order valence-corrected chi connectivity index (χ1v) is 7.18. The normalized spacial score (nSPS) is 16.5. The molecule has 0 heterocycles. The van der Waals surface area contributed by atoms with Crippen molar-refractivity contribution < 1.29 is 4.79 Å². The molecule has 3 heteroatoms. The molecular weight excluding hydrogens is 248 g/mol. The van der Waals surface area contributed by atoms with E-state index in [1.165, 1.54) is 29.2 Å². The quantitative estimate of drug-likeness (QED) is 0.906. The fourth-order valence-electron chi connectivity index (χ4n) is 2.83. The second-order valence-electron chi connectivity index (χ2n) is 5.65. The van der Waals surface area contributed by atoms with Crippen LogP contribution in [0.5, 0.6) is 0 Å². The van der Waals surface area contributed by atoms with E-state index in [0.717, 1.165) is 0 Å². The van der Waals surface area contributed by atoms with E-state index in [1.807, 2.05) is 0 Å². The van der Waals surface area contributed by atoms with Gasteiger partial charge in [-0.3, -0.25) is 9.69 Å². The highest BCUT2D eigenvalue weighted by Crippen LogP contribution is 2.34. The van der Waals surface area contributed by atoms with Gasteiger partial charge in [-0.25, -0.2) is 0 Å². The predicted molar refractivity (Wildman–Crippen MR) is 81.3 cm³/mol. The van der Waals surface area contributed by atoms with Crippen molar-refractivity contribution >= 4 is 16.7 Å². The SMILES string of the molecule is C[C@@H](c1ccc2ccccc2c1)N(CC(N)=O)C1CC1. The molecule has 1 aliphatic carbocycles. The highest BCUT2D eigenvalue weighted by atomic mass is 16.1. The van der Waals surface area contributed by atoms with Crippen LogP contribution in [0.3, 0.4) is 0 Å². The predicted octanol–water partition coefficient (Wildman–Crippen LogP) is 2.85. The van der Waals surface area contributed by atoms with Crippen LogP contribution in [0, 0.1) is 0 Å². The first-order chi connectivity index (χ1) is 9.65. The molecule has 0 saturated heterocycles. The monoisotopic (exact) mass is 268 g/mol. The van der Waals surface area contributed by atoms with Crippen LogP contribution in [0.25, 0.3) is 10.8 Å². The zero-order valence-corrected chi connectivity index (χ0v) is 11.8. The standard InChI is InChI=1S/C17H20N2O/c1-12(19(11-17(18)20)16-8-9-16)14-7-6-13-4-2-3-5-15(13)10-14/h2-7,10,12,16H,8-9,11H2,1H3,(H2,18,20)/t12-/m0/s1. The molecule has 1 saturated carbocycles. The Morgan fingerprint density at radius 1 is 1.25 bits per heavy atom. The van der Waals surface area contributed by atoms with Crippen LogP contribution in [-0.4, -0.2) is 23.4 Å². The Labute approximate surface area is 119 Å². The molecule has 3 rings (SSSR count). The average Bonchev–Trinajstić information content (AvgIpc) is 3.28. The maximum atomic E-state index is 11.3. The highest BCUT2D eigenvalue weighted by molar-refractivity contribution is 5.83. The van der Waals surface area contributed by atoms with Gasteiger partial charge in [0.1, 0.15) is 0 Å². The molecule has 0 bridgehead atoms. The summed E-state index contributed by atoms with van der Waals surface area (Å²) >= 11 is 0. The number of benzene rings is 2. The first-order valence-electron chi connectivity index (χ1n) is 7.18. The largest absolute Gasteiger partial charge is 0.369 e. The van der Waals surface area contributed by atoms with E-state index < -0.39 is 0 Å². The molecule has 0 aromatic heterocycles. The van der Waals surface area contributed by atoms with Gasteiger partial charge in [-0.2, -0.15) is 0 Å². The molecule has 1 atom stereocenters. The summed E-state index contributed by atoms with van der Waals surface area (Å²) < 4.78 is 0. The lowest BCUT2D eigenvalue weighted by Crippen LogP contribution is -2.37. The van der Waals surface area contributed by atoms with Crippen molar-refractivity contribution in [3.05, 3.63) is 48.0 Å². The van der Waals surface area contributed by atoms with E-state index in [1.54, 1.807) is 0 Å². The third-order valence-electron chi connectivity index (χ3n) is 4.11. The van der Waals surface area contributed by atoms with Crippen molar-refractivity contribution in [3.8, 4) is 0 Å². The van der Waals surface area contributed by atoms with Crippen molar-refractivity contribution in [1.29, 1.82) is 0 Å². The Bertz CT molecular complexity index is 634. The number of carbonyl (C=O) groups is 1. The lowest BCUT2D eigenvalue weighted by molar-refractivity contribution is -0.119. The number of hydrogen-bond donors (Lipinski definition) is 1. The minimum Gasteiger partial charge on any atom is -0.369 e. The van der Waals surface area contributed by atoms with Gasteiger partial charge in [0.2, 0.25) is 5.91 Å². The van der Waals surface area contributed by atoms with Gasteiger partial charge in [0, 0.05) is 12.1 Å². The summed E-state index contributed by atoms with van der Waals surface area (Å²) in [5, 5.41) is 2.49. The number of primary amides is 1. The third kappa shape index (κ3) is 2.68. The molecule has 20 heavy (non-hydrogen) atoms. The van der Waals surface area contributed by atoms with Crippen molar-refractivity contribution in [3.63, 3.8) is 0 Å². The van der Waals surface area contributed by atoms with E-state index in [2.05, 4.69) is 54.3 Å². The molecule has 0 spiro atoms. The number of nitrogens with two attached hydrogens (primary N) is 1. The van der Waals surface area contributed by atoms with Crippen LogP contribution in [0.4, 0.5) is 0 Å². The zero-order chi connectivity index (χ0) is 14.1. The molecule has 1 aliphatic rings. The molecule has 0 unspecified atom stereocenters. The van der Waals surface area contributed by atoms with E-state index in [0.29, 0.717) is 12.6 Å². The molecule has 1 amide bonds. The zero-order valence-electron chi connectivity index (χ0n) is 11.8. The third-order valence-corrected chi connectivity index (χ3v) is 4.11.